The number of rotatable bonds is 8. The molecular formula is C19H21IN5O3P. The Kier molecular flexibility index (Phi) is 7.11. The number of anilines is 1. The van der Waals surface area contributed by atoms with Crippen LogP contribution in [-0.4, -0.2) is 28.8 Å². The maximum atomic E-state index is 11.9. The number of amides is 1. The van der Waals surface area contributed by atoms with Gasteiger partial charge in [-0.2, -0.15) is 10.4 Å². The molecule has 1 amide bonds. The van der Waals surface area contributed by atoms with E-state index >= 15 is 0 Å². The van der Waals surface area contributed by atoms with E-state index in [9.17, 15) is 10.1 Å². The topological polar surface area (TPSA) is 101 Å². The summed E-state index contributed by atoms with van der Waals surface area (Å²) in [4.78, 5) is 11.9. The molecular weight excluding hydrogens is 504 g/mol. The molecule has 2 N–H and O–H groups in total. The van der Waals surface area contributed by atoms with Gasteiger partial charge in [-0.25, -0.2) is 14.8 Å². The van der Waals surface area contributed by atoms with Gasteiger partial charge in [0.1, 0.15) is 24.0 Å². The maximum Gasteiger partial charge on any atom is 0.272 e. The predicted octanol–water partition coefficient (Wildman–Crippen LogP) is 3.76. The number of halogens is 1. The van der Waals surface area contributed by atoms with Gasteiger partial charge < -0.3 is 10.1 Å². The number of fused-ring (bicyclic) bond motifs is 1. The van der Waals surface area contributed by atoms with Crippen LogP contribution in [0.4, 0.5) is 5.69 Å². The zero-order chi connectivity index (χ0) is 21.0. The van der Waals surface area contributed by atoms with Crippen molar-refractivity contribution in [1.29, 1.82) is 5.26 Å². The fourth-order valence-electron chi connectivity index (χ4n) is 3.00. The van der Waals surface area contributed by atoms with Crippen LogP contribution in [0.25, 0.3) is 5.69 Å². The van der Waals surface area contributed by atoms with Gasteiger partial charge in [0.2, 0.25) is 0 Å². The Balaban J connectivity index is 1.92. The van der Waals surface area contributed by atoms with E-state index in [1.54, 1.807) is 4.68 Å². The number of hydrogen-bond donors (Lipinski definition) is 2. The van der Waals surface area contributed by atoms with Crippen molar-refractivity contribution in [2.45, 2.75) is 26.2 Å². The van der Waals surface area contributed by atoms with Crippen molar-refractivity contribution in [2.75, 3.05) is 18.5 Å². The zero-order valence-corrected chi connectivity index (χ0v) is 19.2. The summed E-state index contributed by atoms with van der Waals surface area (Å²) < 4.78 is 12.5. The van der Waals surface area contributed by atoms with Crippen molar-refractivity contribution in [3.05, 3.63) is 47.3 Å². The standard InChI is InChI=1S/C19H21IN5O3P/c1-11(2)15-4-6-25(23-15)17-8-16(14(9-21)13-5-7-27-18(13)17)22-10-12(3)19(26)24-28-29-20/h4,6,8,11,22,29H,3,5,7,10H2,1-2H3,(H,24,26). The number of aromatic nitrogens is 2. The highest BCUT2D eigenvalue weighted by Crippen LogP contribution is 2.39. The summed E-state index contributed by atoms with van der Waals surface area (Å²) in [7, 11) is 0. The van der Waals surface area contributed by atoms with E-state index < -0.39 is 5.91 Å². The quantitative estimate of drug-likeness (QED) is 0.236. The van der Waals surface area contributed by atoms with Crippen LogP contribution in [0.1, 0.15) is 36.6 Å². The van der Waals surface area contributed by atoms with Crippen molar-refractivity contribution in [2.24, 2.45) is 0 Å². The van der Waals surface area contributed by atoms with Crippen molar-refractivity contribution >= 4 is 40.1 Å². The van der Waals surface area contributed by atoms with Crippen LogP contribution in [0, 0.1) is 11.3 Å². The largest absolute Gasteiger partial charge is 0.491 e. The molecule has 2 aromatic rings. The summed E-state index contributed by atoms with van der Waals surface area (Å²) in [5.41, 5.74) is 6.31. The monoisotopic (exact) mass is 525 g/mol. The first-order valence-corrected chi connectivity index (χ1v) is 13.0. The third kappa shape index (κ3) is 4.71. The molecule has 8 nitrogen and oxygen atoms in total. The molecule has 0 bridgehead atoms. The van der Waals surface area contributed by atoms with Crippen LogP contribution < -0.4 is 15.5 Å². The lowest BCUT2D eigenvalue weighted by Gasteiger charge is -2.16. The Morgan fingerprint density at radius 3 is 3.03 bits per heavy atom. The average Bonchev–Trinajstić information content (AvgIpc) is 3.39. The summed E-state index contributed by atoms with van der Waals surface area (Å²) >= 11 is 2.01. The second kappa shape index (κ2) is 9.57. The summed E-state index contributed by atoms with van der Waals surface area (Å²) in [6.45, 7) is 8.74. The molecule has 1 aliphatic heterocycles. The third-order valence-electron chi connectivity index (χ3n) is 4.51. The first-order valence-electron chi connectivity index (χ1n) is 8.98. The van der Waals surface area contributed by atoms with Crippen LogP contribution in [0.15, 0.2) is 30.5 Å². The molecule has 1 atom stereocenters. The molecule has 0 saturated heterocycles. The van der Waals surface area contributed by atoms with Gasteiger partial charge in [0, 0.05) is 30.3 Å². The summed E-state index contributed by atoms with van der Waals surface area (Å²) in [6, 6.07) is 6.05. The third-order valence-corrected chi connectivity index (χ3v) is 5.35. The lowest BCUT2D eigenvalue weighted by Crippen LogP contribution is -2.25. The van der Waals surface area contributed by atoms with Crippen LogP contribution in [-0.2, 0) is 15.8 Å². The molecule has 1 unspecified atom stereocenters. The highest BCUT2D eigenvalue weighted by Gasteiger charge is 2.25. The molecule has 0 aliphatic carbocycles. The molecule has 1 aromatic heterocycles. The molecule has 3 rings (SSSR count). The van der Waals surface area contributed by atoms with Gasteiger partial charge in [0.25, 0.3) is 5.91 Å². The number of hydrogen-bond acceptors (Lipinski definition) is 6. The van der Waals surface area contributed by atoms with Crippen molar-refractivity contribution < 1.29 is 14.2 Å². The zero-order valence-electron chi connectivity index (χ0n) is 16.1. The minimum absolute atomic E-state index is 0.112. The van der Waals surface area contributed by atoms with E-state index in [1.807, 2.05) is 40.4 Å². The lowest BCUT2D eigenvalue weighted by molar-refractivity contribution is -0.123. The number of nitrogens with zero attached hydrogens (tertiary/aromatic N) is 3. The average molecular weight is 525 g/mol. The van der Waals surface area contributed by atoms with Crippen LogP contribution >= 0.6 is 28.5 Å². The molecule has 152 valence electrons. The van der Waals surface area contributed by atoms with Crippen molar-refractivity contribution in [3.8, 4) is 17.5 Å². The number of hydroxylamine groups is 1. The Bertz CT molecular complexity index is 983. The molecule has 1 aliphatic rings. The van der Waals surface area contributed by atoms with Gasteiger partial charge in [-0.15, -0.1) is 0 Å². The van der Waals surface area contributed by atoms with E-state index in [0.29, 0.717) is 41.5 Å². The SMILES string of the molecule is C=C(CNc1cc(-n2ccc(C(C)C)n2)c2c(c1C#N)CCO2)C(=O)NOPI. The van der Waals surface area contributed by atoms with Crippen LogP contribution in [0.3, 0.4) is 0 Å². The predicted molar refractivity (Wildman–Crippen MR) is 121 cm³/mol. The molecule has 10 heteroatoms. The van der Waals surface area contributed by atoms with Gasteiger partial charge >= 0.3 is 0 Å². The fraction of sp³-hybridized carbons (Fsp3) is 0.316. The van der Waals surface area contributed by atoms with Crippen LogP contribution in [0.2, 0.25) is 0 Å². The number of nitriles is 1. The number of carbonyl (C=O) groups is 1. The Morgan fingerprint density at radius 1 is 1.59 bits per heavy atom. The maximum absolute atomic E-state index is 11.9. The number of ether oxygens (including phenoxy) is 1. The Labute approximate surface area is 183 Å². The minimum atomic E-state index is -0.404. The van der Waals surface area contributed by atoms with E-state index in [0.717, 1.165) is 16.9 Å². The van der Waals surface area contributed by atoms with Gasteiger partial charge in [-0.3, -0.25) is 4.79 Å². The van der Waals surface area contributed by atoms with E-state index in [-0.39, 0.29) is 13.0 Å². The number of nitrogens with one attached hydrogen (secondary N) is 2. The summed E-state index contributed by atoms with van der Waals surface area (Å²) in [5.74, 6) is 0.575. The molecule has 1 aromatic carbocycles. The molecule has 0 spiro atoms. The van der Waals surface area contributed by atoms with Gasteiger partial charge in [-0.05, 0) is 40.1 Å². The number of carbonyl (C=O) groups excluding carboxylic acids is 1. The minimum Gasteiger partial charge on any atom is -0.491 e. The van der Waals surface area contributed by atoms with E-state index in [2.05, 4.69) is 42.4 Å². The van der Waals surface area contributed by atoms with Gasteiger partial charge in [0.05, 0.1) is 23.6 Å². The smallest absolute Gasteiger partial charge is 0.272 e. The molecule has 29 heavy (non-hydrogen) atoms. The first-order chi connectivity index (χ1) is 14.0. The van der Waals surface area contributed by atoms with E-state index in [4.69, 9.17) is 9.36 Å². The Hall–Kier alpha value is -2.15. The first kappa shape index (κ1) is 21.6. The van der Waals surface area contributed by atoms with Crippen LogP contribution in [0.5, 0.6) is 5.75 Å². The second-order valence-electron chi connectivity index (χ2n) is 6.74. The second-order valence-corrected chi connectivity index (χ2v) is 8.42. The Morgan fingerprint density at radius 2 is 2.38 bits per heavy atom. The number of benzene rings is 1. The van der Waals surface area contributed by atoms with Gasteiger partial charge in [-0.1, -0.05) is 20.4 Å². The molecule has 2 heterocycles. The van der Waals surface area contributed by atoms with E-state index in [1.165, 1.54) is 0 Å². The molecule has 0 saturated carbocycles. The van der Waals surface area contributed by atoms with Crippen molar-refractivity contribution in [1.82, 2.24) is 15.3 Å². The highest BCUT2D eigenvalue weighted by molar-refractivity contribution is 14.2. The summed E-state index contributed by atoms with van der Waals surface area (Å²) in [6.07, 6.45) is 2.53. The lowest BCUT2D eigenvalue weighted by atomic mass is 10.0. The fourth-order valence-corrected chi connectivity index (χ4v) is 3.46. The molecule has 0 fully saturated rings. The highest BCUT2D eigenvalue weighted by atomic mass is 127. The normalized spacial score (nSPS) is 12.7. The summed E-state index contributed by atoms with van der Waals surface area (Å²) in [5, 5.41) is 17.5. The van der Waals surface area contributed by atoms with Crippen molar-refractivity contribution in [3.63, 3.8) is 0 Å². The van der Waals surface area contributed by atoms with Gasteiger partial charge in [0.15, 0.2) is 0 Å². The molecule has 0 radical (unpaired) electrons.